The third kappa shape index (κ3) is 4.38. The summed E-state index contributed by atoms with van der Waals surface area (Å²) >= 11 is 3.34. The van der Waals surface area contributed by atoms with Crippen LogP contribution in [0.5, 0.6) is 5.75 Å². The van der Waals surface area contributed by atoms with Crippen molar-refractivity contribution in [2.75, 3.05) is 10.2 Å². The molecule has 1 N–H and O–H groups in total. The Bertz CT molecular complexity index is 1000. The maximum absolute atomic E-state index is 13.0. The molecule has 29 heavy (non-hydrogen) atoms. The van der Waals surface area contributed by atoms with Crippen LogP contribution in [0.4, 0.5) is 16.4 Å². The second-order valence-electron chi connectivity index (χ2n) is 6.99. The van der Waals surface area contributed by atoms with Crippen LogP contribution in [0.2, 0.25) is 0 Å². The molecular formula is C20H20BrN5O3. The van der Waals surface area contributed by atoms with Gasteiger partial charge in [-0.3, -0.25) is 15.0 Å². The molecular weight excluding hydrogens is 438 g/mol. The quantitative estimate of drug-likeness (QED) is 0.692. The predicted octanol–water partition coefficient (Wildman–Crippen LogP) is 4.08. The highest BCUT2D eigenvalue weighted by atomic mass is 79.9. The number of carbonyl (C=O) groups excluding carboxylic acids is 2. The molecule has 1 aliphatic heterocycles. The maximum atomic E-state index is 13.0. The van der Waals surface area contributed by atoms with Crippen molar-refractivity contribution in [1.82, 2.24) is 9.97 Å². The number of halogens is 1. The minimum absolute atomic E-state index is 0.111. The van der Waals surface area contributed by atoms with E-state index in [-0.39, 0.29) is 29.2 Å². The van der Waals surface area contributed by atoms with Gasteiger partial charge in [0.15, 0.2) is 6.29 Å². The summed E-state index contributed by atoms with van der Waals surface area (Å²) in [6.07, 6.45) is 3.40. The van der Waals surface area contributed by atoms with E-state index in [1.54, 1.807) is 0 Å². The lowest BCUT2D eigenvalue weighted by atomic mass is 10.00. The highest BCUT2D eigenvalue weighted by molar-refractivity contribution is 9.10. The van der Waals surface area contributed by atoms with Crippen molar-refractivity contribution in [3.63, 3.8) is 0 Å². The molecule has 0 spiro atoms. The van der Waals surface area contributed by atoms with E-state index >= 15 is 0 Å². The molecule has 8 nitrogen and oxygen atoms in total. The molecule has 0 saturated heterocycles. The normalized spacial score (nSPS) is 15.4. The molecule has 150 valence electrons. The Labute approximate surface area is 177 Å². The van der Waals surface area contributed by atoms with Gasteiger partial charge in [-0.25, -0.2) is 14.8 Å². The van der Waals surface area contributed by atoms with Gasteiger partial charge in [-0.1, -0.05) is 0 Å². The molecule has 2 amide bonds. The van der Waals surface area contributed by atoms with Crippen LogP contribution in [0.1, 0.15) is 48.8 Å². The number of nitriles is 1. The molecule has 9 heteroatoms. The fourth-order valence-corrected chi connectivity index (χ4v) is 3.57. The van der Waals surface area contributed by atoms with E-state index in [2.05, 4.69) is 31.2 Å². The lowest BCUT2D eigenvalue weighted by Gasteiger charge is -2.34. The molecule has 2 aromatic heterocycles. The summed E-state index contributed by atoms with van der Waals surface area (Å²) in [5.74, 6) is 1.07. The molecule has 0 radical (unpaired) electrons. The fraction of sp³-hybridized carbons (Fsp3) is 0.350. The molecule has 0 bridgehead atoms. The predicted molar refractivity (Wildman–Crippen MR) is 111 cm³/mol. The summed E-state index contributed by atoms with van der Waals surface area (Å²) in [6, 6.07) is 4.85. The molecule has 1 aliphatic rings. The van der Waals surface area contributed by atoms with Gasteiger partial charge in [0.2, 0.25) is 0 Å². The third-order valence-corrected chi connectivity index (χ3v) is 5.11. The second kappa shape index (κ2) is 8.57. The van der Waals surface area contributed by atoms with Gasteiger partial charge in [-0.15, -0.1) is 0 Å². The van der Waals surface area contributed by atoms with Gasteiger partial charge in [-0.2, -0.15) is 5.26 Å². The second-order valence-corrected chi connectivity index (χ2v) is 7.84. The van der Waals surface area contributed by atoms with Crippen LogP contribution < -0.4 is 15.0 Å². The summed E-state index contributed by atoms with van der Waals surface area (Å²) in [4.78, 5) is 34.4. The molecule has 0 aliphatic carbocycles. The van der Waals surface area contributed by atoms with Crippen LogP contribution in [0.25, 0.3) is 0 Å². The molecule has 0 fully saturated rings. The molecule has 0 unspecified atom stereocenters. The lowest BCUT2D eigenvalue weighted by Crippen LogP contribution is -2.45. The summed E-state index contributed by atoms with van der Waals surface area (Å²) < 4.78 is 6.24. The topological polar surface area (TPSA) is 108 Å². The molecule has 0 aromatic carbocycles. The first-order valence-electron chi connectivity index (χ1n) is 9.15. The third-order valence-electron chi connectivity index (χ3n) is 4.47. The number of ether oxygens (including phenoxy) is 1. The monoisotopic (exact) mass is 457 g/mol. The van der Waals surface area contributed by atoms with Crippen LogP contribution in [-0.4, -0.2) is 34.4 Å². The molecule has 3 heterocycles. The first kappa shape index (κ1) is 20.7. The van der Waals surface area contributed by atoms with Gasteiger partial charge in [0, 0.05) is 16.6 Å². The van der Waals surface area contributed by atoms with E-state index in [1.165, 1.54) is 17.2 Å². The van der Waals surface area contributed by atoms with Gasteiger partial charge in [0.1, 0.15) is 34.7 Å². The number of aldehydes is 1. The fourth-order valence-electron chi connectivity index (χ4n) is 3.12. The standard InChI is InChI=1S/C20H20BrN5O3/c1-11(2)29-17-7-18(23-9-14(17)8-22)25-20(28)26-12(3)4-5-13-6-15(21)16(10-27)24-19(13)26/h6-7,9-12H,4-5H2,1-3H3,(H,23,25,28)/t12-/m0/s1. The van der Waals surface area contributed by atoms with Crippen molar-refractivity contribution in [2.24, 2.45) is 0 Å². The van der Waals surface area contributed by atoms with Gasteiger partial charge < -0.3 is 4.74 Å². The summed E-state index contributed by atoms with van der Waals surface area (Å²) in [5.41, 5.74) is 1.41. The average molecular weight is 458 g/mol. The van der Waals surface area contributed by atoms with Crippen molar-refractivity contribution >= 4 is 39.9 Å². The van der Waals surface area contributed by atoms with Crippen molar-refractivity contribution in [1.29, 1.82) is 5.26 Å². The van der Waals surface area contributed by atoms with Gasteiger partial charge in [0.05, 0.1) is 12.3 Å². The molecule has 0 saturated carbocycles. The van der Waals surface area contributed by atoms with Crippen LogP contribution >= 0.6 is 15.9 Å². The summed E-state index contributed by atoms with van der Waals surface area (Å²) in [7, 11) is 0. The molecule has 3 rings (SSSR count). The van der Waals surface area contributed by atoms with Gasteiger partial charge >= 0.3 is 6.03 Å². The number of aryl methyl sites for hydroxylation is 1. The number of amides is 2. The Morgan fingerprint density at radius 1 is 1.48 bits per heavy atom. The Hall–Kier alpha value is -2.99. The van der Waals surface area contributed by atoms with E-state index in [9.17, 15) is 14.9 Å². The Morgan fingerprint density at radius 2 is 2.24 bits per heavy atom. The van der Waals surface area contributed by atoms with Gasteiger partial charge in [-0.05, 0) is 61.2 Å². The van der Waals surface area contributed by atoms with Crippen molar-refractivity contribution in [2.45, 2.75) is 45.8 Å². The number of nitrogens with zero attached hydrogens (tertiary/aromatic N) is 4. The maximum Gasteiger partial charge on any atom is 0.328 e. The van der Waals surface area contributed by atoms with Crippen molar-refractivity contribution in [3.8, 4) is 11.8 Å². The zero-order valence-corrected chi connectivity index (χ0v) is 17.9. The zero-order valence-electron chi connectivity index (χ0n) is 16.3. The summed E-state index contributed by atoms with van der Waals surface area (Å²) in [5, 5.41) is 12.0. The smallest absolute Gasteiger partial charge is 0.328 e. The Morgan fingerprint density at radius 3 is 2.90 bits per heavy atom. The number of hydrogen-bond acceptors (Lipinski definition) is 6. The number of nitrogens with one attached hydrogen (secondary N) is 1. The first-order valence-corrected chi connectivity index (χ1v) is 9.95. The number of urea groups is 1. The Kier molecular flexibility index (Phi) is 6.13. The van der Waals surface area contributed by atoms with E-state index in [0.717, 1.165) is 18.4 Å². The van der Waals surface area contributed by atoms with E-state index in [0.29, 0.717) is 22.3 Å². The van der Waals surface area contributed by atoms with Crippen molar-refractivity contribution < 1.29 is 14.3 Å². The lowest BCUT2D eigenvalue weighted by molar-refractivity contribution is 0.111. The van der Waals surface area contributed by atoms with E-state index in [4.69, 9.17) is 4.74 Å². The molecule has 1 atom stereocenters. The summed E-state index contributed by atoms with van der Waals surface area (Å²) in [6.45, 7) is 5.62. The highest BCUT2D eigenvalue weighted by Crippen LogP contribution is 2.32. The van der Waals surface area contributed by atoms with Crippen LogP contribution in [0.15, 0.2) is 22.8 Å². The minimum Gasteiger partial charge on any atom is -0.489 e. The van der Waals surface area contributed by atoms with Crippen molar-refractivity contribution in [3.05, 3.63) is 39.6 Å². The molecule has 2 aromatic rings. The largest absolute Gasteiger partial charge is 0.489 e. The van der Waals surface area contributed by atoms with Crippen LogP contribution in [-0.2, 0) is 6.42 Å². The van der Waals surface area contributed by atoms with Gasteiger partial charge in [0.25, 0.3) is 0 Å². The Balaban J connectivity index is 1.92. The first-order chi connectivity index (χ1) is 13.8. The van der Waals surface area contributed by atoms with E-state index in [1.807, 2.05) is 32.9 Å². The average Bonchev–Trinajstić information content (AvgIpc) is 2.67. The zero-order chi connectivity index (χ0) is 21.1. The van der Waals surface area contributed by atoms with Crippen LogP contribution in [0, 0.1) is 11.3 Å². The number of pyridine rings is 2. The number of anilines is 2. The number of aromatic nitrogens is 2. The number of carbonyl (C=O) groups is 2. The van der Waals surface area contributed by atoms with E-state index < -0.39 is 6.03 Å². The highest BCUT2D eigenvalue weighted by Gasteiger charge is 2.31. The minimum atomic E-state index is -0.419. The number of hydrogen-bond donors (Lipinski definition) is 1. The number of fused-ring (bicyclic) bond motifs is 1. The van der Waals surface area contributed by atoms with Crippen LogP contribution in [0.3, 0.4) is 0 Å². The SMILES string of the molecule is CC(C)Oc1cc(NC(=O)N2c3nc(C=O)c(Br)cc3CC[C@@H]2C)ncc1C#N. The number of rotatable bonds is 4.